The van der Waals surface area contributed by atoms with Crippen LogP contribution >= 0.6 is 11.3 Å². The van der Waals surface area contributed by atoms with Crippen molar-refractivity contribution in [1.29, 1.82) is 0 Å². The van der Waals surface area contributed by atoms with Crippen LogP contribution in [0, 0.1) is 12.8 Å². The third kappa shape index (κ3) is 5.09. The molecule has 1 unspecified atom stereocenters. The van der Waals surface area contributed by atoms with Crippen molar-refractivity contribution in [2.45, 2.75) is 19.8 Å². The number of carbonyl (C=O) groups excluding carboxylic acids is 2. The smallest absolute Gasteiger partial charge is 0.234 e. The van der Waals surface area contributed by atoms with Crippen LogP contribution in [0.1, 0.15) is 18.4 Å². The van der Waals surface area contributed by atoms with Gasteiger partial charge < -0.3 is 14.4 Å². The number of hydrogen-bond acceptors (Lipinski definition) is 7. The summed E-state index contributed by atoms with van der Waals surface area (Å²) in [6.07, 6.45) is 1.03. The van der Waals surface area contributed by atoms with E-state index in [0.29, 0.717) is 24.0 Å². The maximum Gasteiger partial charge on any atom is 0.234 e. The average Bonchev–Trinajstić information content (AvgIpc) is 3.52. The molecule has 3 aromatic rings. The van der Waals surface area contributed by atoms with Crippen molar-refractivity contribution < 1.29 is 19.1 Å². The molecule has 0 bridgehead atoms. The first-order valence-corrected chi connectivity index (χ1v) is 13.3. The van der Waals surface area contributed by atoms with Crippen LogP contribution in [0.5, 0.6) is 5.75 Å². The lowest BCUT2D eigenvalue weighted by atomic mass is 10.1. The van der Waals surface area contributed by atoms with E-state index in [2.05, 4.69) is 4.90 Å². The number of methoxy groups -OCH3 is 1. The number of anilines is 2. The lowest BCUT2D eigenvalue weighted by molar-refractivity contribution is -0.124. The van der Waals surface area contributed by atoms with Gasteiger partial charge in [0, 0.05) is 44.8 Å². The Balaban J connectivity index is 1.40. The van der Waals surface area contributed by atoms with E-state index in [1.165, 1.54) is 11.3 Å². The molecular formula is C27H32N4O4S. The number of benzene rings is 2. The van der Waals surface area contributed by atoms with E-state index >= 15 is 0 Å². The zero-order valence-corrected chi connectivity index (χ0v) is 21.6. The van der Waals surface area contributed by atoms with E-state index < -0.39 is 5.92 Å². The van der Waals surface area contributed by atoms with E-state index in [1.807, 2.05) is 49.4 Å². The lowest BCUT2D eigenvalue weighted by Crippen LogP contribution is -2.41. The molecule has 2 aliphatic rings. The molecule has 36 heavy (non-hydrogen) atoms. The van der Waals surface area contributed by atoms with Crippen molar-refractivity contribution in [3.05, 3.63) is 48.0 Å². The number of carbonyl (C=O) groups is 2. The number of rotatable bonds is 8. The zero-order valence-electron chi connectivity index (χ0n) is 20.8. The van der Waals surface area contributed by atoms with Crippen molar-refractivity contribution in [3.63, 3.8) is 0 Å². The van der Waals surface area contributed by atoms with Gasteiger partial charge in [-0.3, -0.25) is 19.4 Å². The predicted octanol–water partition coefficient (Wildman–Crippen LogP) is 3.72. The lowest BCUT2D eigenvalue weighted by Gasteiger charge is -2.28. The van der Waals surface area contributed by atoms with Crippen LogP contribution in [0.15, 0.2) is 42.5 Å². The minimum absolute atomic E-state index is 0.0189. The van der Waals surface area contributed by atoms with Crippen molar-refractivity contribution in [1.82, 2.24) is 9.88 Å². The minimum atomic E-state index is -0.406. The van der Waals surface area contributed by atoms with E-state index in [0.717, 1.165) is 60.7 Å². The highest BCUT2D eigenvalue weighted by Crippen LogP contribution is 2.37. The van der Waals surface area contributed by atoms with Crippen LogP contribution in [0.2, 0.25) is 0 Å². The molecule has 0 spiro atoms. The van der Waals surface area contributed by atoms with Gasteiger partial charge in [0.05, 0.1) is 30.9 Å². The molecular weight excluding hydrogens is 476 g/mol. The fourth-order valence-corrected chi connectivity index (χ4v) is 5.99. The fraction of sp³-hybridized carbons (Fsp3) is 0.444. The van der Waals surface area contributed by atoms with Gasteiger partial charge in [-0.25, -0.2) is 4.98 Å². The minimum Gasteiger partial charge on any atom is -0.494 e. The SMILES string of the molecule is COc1ccc(C)c2sc(N(CCCN3CCOCC3)C(=O)C3CC(=O)N(c4ccccc4)C3)nc12. The maximum atomic E-state index is 13.9. The summed E-state index contributed by atoms with van der Waals surface area (Å²) in [7, 11) is 1.64. The molecule has 0 N–H and O–H groups in total. The maximum absolute atomic E-state index is 13.9. The van der Waals surface area contributed by atoms with E-state index in [4.69, 9.17) is 14.5 Å². The Morgan fingerprint density at radius 3 is 2.72 bits per heavy atom. The molecule has 9 heteroatoms. The van der Waals surface area contributed by atoms with Crippen molar-refractivity contribution in [2.75, 3.05) is 62.8 Å². The molecule has 2 aromatic carbocycles. The topological polar surface area (TPSA) is 75.2 Å². The molecule has 2 amide bonds. The highest BCUT2D eigenvalue weighted by Gasteiger charge is 2.38. The highest BCUT2D eigenvalue weighted by atomic mass is 32.1. The van der Waals surface area contributed by atoms with Crippen molar-refractivity contribution in [3.8, 4) is 5.75 Å². The molecule has 8 nitrogen and oxygen atoms in total. The number of para-hydroxylation sites is 1. The summed E-state index contributed by atoms with van der Waals surface area (Å²) in [6.45, 7) is 7.19. The van der Waals surface area contributed by atoms with Crippen LogP contribution < -0.4 is 14.5 Å². The van der Waals surface area contributed by atoms with E-state index in [9.17, 15) is 9.59 Å². The largest absolute Gasteiger partial charge is 0.494 e. The van der Waals surface area contributed by atoms with Gasteiger partial charge in [-0.1, -0.05) is 35.6 Å². The van der Waals surface area contributed by atoms with Crippen LogP contribution in [0.4, 0.5) is 10.8 Å². The van der Waals surface area contributed by atoms with E-state index in [-0.39, 0.29) is 18.2 Å². The molecule has 0 aliphatic carbocycles. The van der Waals surface area contributed by atoms with Crippen molar-refractivity contribution >= 4 is 44.2 Å². The van der Waals surface area contributed by atoms with Crippen molar-refractivity contribution in [2.24, 2.45) is 5.92 Å². The first-order chi connectivity index (χ1) is 17.5. The monoisotopic (exact) mass is 508 g/mol. The Morgan fingerprint density at radius 1 is 1.19 bits per heavy atom. The third-order valence-electron chi connectivity index (χ3n) is 6.91. The van der Waals surface area contributed by atoms with E-state index in [1.54, 1.807) is 16.9 Å². The molecule has 1 atom stereocenters. The number of aromatic nitrogens is 1. The van der Waals surface area contributed by atoms with Gasteiger partial charge in [-0.05, 0) is 37.1 Å². The Hall–Kier alpha value is -3.01. The molecule has 2 fully saturated rings. The van der Waals surface area contributed by atoms with Gasteiger partial charge in [-0.15, -0.1) is 0 Å². The Bertz CT molecular complexity index is 1230. The number of hydrogen-bond donors (Lipinski definition) is 0. The number of thiazole rings is 1. The van der Waals surface area contributed by atoms with Gasteiger partial charge in [0.25, 0.3) is 0 Å². The molecule has 0 radical (unpaired) electrons. The molecule has 190 valence electrons. The quantitative estimate of drug-likeness (QED) is 0.462. The predicted molar refractivity (Wildman–Crippen MR) is 142 cm³/mol. The average molecular weight is 509 g/mol. The number of fused-ring (bicyclic) bond motifs is 1. The summed E-state index contributed by atoms with van der Waals surface area (Å²) in [5.41, 5.74) is 2.70. The summed E-state index contributed by atoms with van der Waals surface area (Å²) in [6, 6.07) is 13.5. The third-order valence-corrected chi connectivity index (χ3v) is 8.12. The Morgan fingerprint density at radius 2 is 1.97 bits per heavy atom. The van der Waals surface area contributed by atoms with Crippen LogP contribution in [0.25, 0.3) is 10.2 Å². The Kier molecular flexibility index (Phi) is 7.50. The number of nitrogens with zero attached hydrogens (tertiary/aromatic N) is 4. The first kappa shape index (κ1) is 24.7. The summed E-state index contributed by atoms with van der Waals surface area (Å²) < 4.78 is 12.0. The van der Waals surface area contributed by atoms with Gasteiger partial charge in [0.2, 0.25) is 11.8 Å². The Labute approximate surface area is 215 Å². The van der Waals surface area contributed by atoms with Crippen LogP contribution in [0.3, 0.4) is 0 Å². The molecule has 0 saturated carbocycles. The van der Waals surface area contributed by atoms with Gasteiger partial charge in [0.1, 0.15) is 11.3 Å². The molecule has 2 aliphatic heterocycles. The second-order valence-corrected chi connectivity index (χ2v) is 10.3. The van der Waals surface area contributed by atoms with Gasteiger partial charge in [0.15, 0.2) is 5.13 Å². The fourth-order valence-electron chi connectivity index (χ4n) is 4.91. The second kappa shape index (κ2) is 10.9. The first-order valence-electron chi connectivity index (χ1n) is 12.5. The summed E-state index contributed by atoms with van der Waals surface area (Å²) in [4.78, 5) is 37.5. The van der Waals surface area contributed by atoms with Crippen LogP contribution in [-0.4, -0.2) is 74.7 Å². The summed E-state index contributed by atoms with van der Waals surface area (Å²) in [5, 5.41) is 0.662. The van der Waals surface area contributed by atoms with Gasteiger partial charge >= 0.3 is 0 Å². The zero-order chi connectivity index (χ0) is 25.1. The number of amides is 2. The number of ether oxygens (including phenoxy) is 2. The molecule has 3 heterocycles. The highest BCUT2D eigenvalue weighted by molar-refractivity contribution is 7.22. The standard InChI is InChI=1S/C27H32N4O4S/c1-19-9-10-22(34-2)24-25(19)36-27(28-24)30(12-6-11-29-13-15-35-16-14-29)26(33)20-17-23(32)31(18-20)21-7-4-3-5-8-21/h3-5,7-10,20H,6,11-18H2,1-2H3. The van der Waals surface area contributed by atoms with Gasteiger partial charge in [-0.2, -0.15) is 0 Å². The second-order valence-electron chi connectivity index (χ2n) is 9.30. The molecule has 5 rings (SSSR count). The normalized spacial score (nSPS) is 18.7. The number of morpholine rings is 1. The number of aryl methyl sites for hydroxylation is 1. The summed E-state index contributed by atoms with van der Waals surface area (Å²) in [5.74, 6) is 0.232. The summed E-state index contributed by atoms with van der Waals surface area (Å²) >= 11 is 1.51. The van der Waals surface area contributed by atoms with Crippen LogP contribution in [-0.2, 0) is 14.3 Å². The molecule has 2 saturated heterocycles. The molecule has 1 aromatic heterocycles.